The van der Waals surface area contributed by atoms with Crippen LogP contribution in [0.3, 0.4) is 0 Å². The van der Waals surface area contributed by atoms with Crippen molar-refractivity contribution < 1.29 is 30.3 Å². The normalized spacial score (nSPS) is 9.56. The van der Waals surface area contributed by atoms with E-state index in [0.717, 1.165) is 25.0 Å². The fourth-order valence-corrected chi connectivity index (χ4v) is 1.56. The van der Waals surface area contributed by atoms with E-state index in [1.54, 1.807) is 12.1 Å². The van der Waals surface area contributed by atoms with Crippen LogP contribution in [0.2, 0.25) is 0 Å². The number of carbonyl (C=O) groups is 1. The van der Waals surface area contributed by atoms with Crippen molar-refractivity contribution in [2.24, 2.45) is 0 Å². The van der Waals surface area contributed by atoms with E-state index in [1.165, 1.54) is 12.1 Å². The number of benzene rings is 1. The van der Waals surface area contributed by atoms with Crippen molar-refractivity contribution in [3.05, 3.63) is 29.8 Å². The van der Waals surface area contributed by atoms with Gasteiger partial charge in [0, 0.05) is 32.4 Å². The number of unbranched alkanes of at least 4 members (excludes halogenated alkanes) is 2. The Hall–Kier alpha value is -0.298. The van der Waals surface area contributed by atoms with E-state index < -0.39 is 0 Å². The molecule has 0 saturated carbocycles. The molecule has 2 nitrogen and oxygen atoms in total. The first-order valence-corrected chi connectivity index (χ1v) is 5.72. The summed E-state index contributed by atoms with van der Waals surface area (Å²) in [5.74, 6) is 1.10. The first-order chi connectivity index (χ1) is 7.24. The molecule has 1 rings (SSSR count). The molecule has 0 bridgehead atoms. The standard InChI is InChI=1S/C12H16O2S.Pd/c13-11-7-5-10(6-8-11)12(14)4-2-1-3-9-15;/h5-8,13,15H,1-4,9H2;/p-1. The molecule has 0 aliphatic carbocycles. The fourth-order valence-electron chi connectivity index (χ4n) is 1.36. The van der Waals surface area contributed by atoms with E-state index in [4.69, 9.17) is 17.7 Å². The van der Waals surface area contributed by atoms with Gasteiger partial charge in [0.25, 0.3) is 0 Å². The molecular formula is C12H15O2PdS-. The average Bonchev–Trinajstić information content (AvgIpc) is 2.25. The quantitative estimate of drug-likeness (QED) is 0.377. The Kier molecular flexibility index (Phi) is 8.64. The second kappa shape index (κ2) is 8.81. The van der Waals surface area contributed by atoms with Gasteiger partial charge in [-0.1, -0.05) is 12.8 Å². The Bertz CT molecular complexity index is 311. The zero-order valence-electron chi connectivity index (χ0n) is 8.92. The molecule has 1 N–H and O–H groups in total. The van der Waals surface area contributed by atoms with Gasteiger partial charge in [0.1, 0.15) is 5.75 Å². The molecule has 1 aromatic rings. The summed E-state index contributed by atoms with van der Waals surface area (Å²) in [7, 11) is 0. The van der Waals surface area contributed by atoms with Crippen LogP contribution in [0.25, 0.3) is 0 Å². The maximum Gasteiger partial charge on any atom is 0.162 e. The summed E-state index contributed by atoms with van der Waals surface area (Å²) in [5.41, 5.74) is 0.672. The van der Waals surface area contributed by atoms with Gasteiger partial charge in [0.2, 0.25) is 0 Å². The molecule has 0 aliphatic rings. The number of Topliss-reactive ketones (excluding diaryl/α,β-unsaturated/α-hetero) is 1. The molecule has 0 aliphatic heterocycles. The van der Waals surface area contributed by atoms with Crippen molar-refractivity contribution >= 4 is 18.4 Å². The van der Waals surface area contributed by atoms with Crippen LogP contribution in [0, 0.1) is 0 Å². The van der Waals surface area contributed by atoms with E-state index in [9.17, 15) is 4.79 Å². The minimum absolute atomic E-state index is 0. The molecule has 0 radical (unpaired) electrons. The SMILES string of the molecule is O=C(CCCCC[S-])c1ccc(O)cc1.[Pd]. The van der Waals surface area contributed by atoms with E-state index in [1.807, 2.05) is 0 Å². The van der Waals surface area contributed by atoms with Crippen LogP contribution in [0.5, 0.6) is 5.75 Å². The third-order valence-electron chi connectivity index (χ3n) is 2.24. The van der Waals surface area contributed by atoms with Crippen molar-refractivity contribution in [2.75, 3.05) is 5.75 Å². The maximum atomic E-state index is 11.6. The topological polar surface area (TPSA) is 37.3 Å². The third-order valence-corrected chi connectivity index (χ3v) is 2.53. The molecule has 0 amide bonds. The number of rotatable bonds is 6. The van der Waals surface area contributed by atoms with Gasteiger partial charge in [0.15, 0.2) is 5.78 Å². The molecule has 16 heavy (non-hydrogen) atoms. The molecule has 92 valence electrons. The van der Waals surface area contributed by atoms with Gasteiger partial charge in [-0.05, 0) is 30.7 Å². The first-order valence-electron chi connectivity index (χ1n) is 5.14. The summed E-state index contributed by atoms with van der Waals surface area (Å²) < 4.78 is 0. The monoisotopic (exact) mass is 329 g/mol. The molecule has 4 heteroatoms. The van der Waals surface area contributed by atoms with Gasteiger partial charge in [-0.15, -0.1) is 0 Å². The summed E-state index contributed by atoms with van der Waals surface area (Å²) in [4.78, 5) is 11.6. The summed E-state index contributed by atoms with van der Waals surface area (Å²) in [6, 6.07) is 6.39. The molecule has 0 unspecified atom stereocenters. The molecule has 0 atom stereocenters. The zero-order valence-corrected chi connectivity index (χ0v) is 11.3. The number of ketones is 1. The van der Waals surface area contributed by atoms with Crippen LogP contribution >= 0.6 is 0 Å². The van der Waals surface area contributed by atoms with E-state index in [0.29, 0.717) is 12.0 Å². The molecule has 0 heterocycles. The zero-order chi connectivity index (χ0) is 11.1. The molecule has 1 aromatic carbocycles. The van der Waals surface area contributed by atoms with Crippen molar-refractivity contribution in [2.45, 2.75) is 25.7 Å². The van der Waals surface area contributed by atoms with Gasteiger partial charge >= 0.3 is 0 Å². The second-order valence-electron chi connectivity index (χ2n) is 3.48. The van der Waals surface area contributed by atoms with Crippen LogP contribution in [-0.4, -0.2) is 16.6 Å². The Balaban J connectivity index is 0.00000225. The van der Waals surface area contributed by atoms with Crippen LogP contribution in [-0.2, 0) is 33.1 Å². The van der Waals surface area contributed by atoms with Crippen LogP contribution in [0.1, 0.15) is 36.0 Å². The van der Waals surface area contributed by atoms with Crippen molar-refractivity contribution in [1.82, 2.24) is 0 Å². The summed E-state index contributed by atoms with van der Waals surface area (Å²) in [6.45, 7) is 0. The van der Waals surface area contributed by atoms with Gasteiger partial charge in [0.05, 0.1) is 0 Å². The van der Waals surface area contributed by atoms with Crippen molar-refractivity contribution in [3.8, 4) is 5.75 Å². The average molecular weight is 330 g/mol. The second-order valence-corrected chi connectivity index (χ2v) is 3.89. The molecule has 0 fully saturated rings. The van der Waals surface area contributed by atoms with E-state index in [-0.39, 0.29) is 32.0 Å². The smallest absolute Gasteiger partial charge is 0.162 e. The first kappa shape index (κ1) is 15.7. The third kappa shape index (κ3) is 5.70. The Morgan fingerprint density at radius 3 is 2.31 bits per heavy atom. The Labute approximate surface area is 116 Å². The summed E-state index contributed by atoms with van der Waals surface area (Å²) >= 11 is 4.83. The van der Waals surface area contributed by atoms with Gasteiger partial charge in [-0.25, -0.2) is 0 Å². The molecule has 0 aromatic heterocycles. The number of hydrogen-bond donors (Lipinski definition) is 1. The van der Waals surface area contributed by atoms with Crippen LogP contribution in [0.4, 0.5) is 0 Å². The number of phenols is 1. The van der Waals surface area contributed by atoms with E-state index in [2.05, 4.69) is 0 Å². The molecule has 0 saturated heterocycles. The Morgan fingerprint density at radius 1 is 1.12 bits per heavy atom. The van der Waals surface area contributed by atoms with Gasteiger partial charge < -0.3 is 17.7 Å². The van der Waals surface area contributed by atoms with Crippen LogP contribution < -0.4 is 0 Å². The molecule has 0 spiro atoms. The summed E-state index contributed by atoms with van der Waals surface area (Å²) in [5, 5.41) is 9.06. The minimum Gasteiger partial charge on any atom is -0.793 e. The number of phenolic OH excluding ortho intramolecular Hbond substituents is 1. The van der Waals surface area contributed by atoms with E-state index >= 15 is 0 Å². The van der Waals surface area contributed by atoms with Crippen LogP contribution in [0.15, 0.2) is 24.3 Å². The molecular weight excluding hydrogens is 315 g/mol. The number of carbonyl (C=O) groups excluding carboxylic acids is 1. The van der Waals surface area contributed by atoms with Crippen molar-refractivity contribution in [1.29, 1.82) is 0 Å². The van der Waals surface area contributed by atoms with Crippen molar-refractivity contribution in [3.63, 3.8) is 0 Å². The van der Waals surface area contributed by atoms with Gasteiger partial charge in [-0.3, -0.25) is 4.79 Å². The maximum absolute atomic E-state index is 11.6. The van der Waals surface area contributed by atoms with Gasteiger partial charge in [-0.2, -0.15) is 5.75 Å². The largest absolute Gasteiger partial charge is 0.793 e. The minimum atomic E-state index is 0. The number of hydrogen-bond acceptors (Lipinski definition) is 3. The predicted octanol–water partition coefficient (Wildman–Crippen LogP) is 2.68. The summed E-state index contributed by atoms with van der Waals surface area (Å²) in [6.07, 6.45) is 3.50. The number of aromatic hydroxyl groups is 1. The fraction of sp³-hybridized carbons (Fsp3) is 0.417. The predicted molar refractivity (Wildman–Crippen MR) is 63.1 cm³/mol. The Morgan fingerprint density at radius 2 is 1.75 bits per heavy atom.